The van der Waals surface area contributed by atoms with Crippen LogP contribution in [0.1, 0.15) is 68.1 Å². The van der Waals surface area contributed by atoms with Crippen molar-refractivity contribution in [3.63, 3.8) is 0 Å². The van der Waals surface area contributed by atoms with E-state index in [1.54, 1.807) is 0 Å². The highest BCUT2D eigenvalue weighted by molar-refractivity contribution is 6.04. The van der Waals surface area contributed by atoms with Crippen molar-refractivity contribution in [2.24, 2.45) is 5.92 Å². The molecule has 2 aliphatic heterocycles. The van der Waals surface area contributed by atoms with Crippen LogP contribution in [-0.2, 0) is 0 Å². The number of hydrogen-bond donors (Lipinski definition) is 1. The topological polar surface area (TPSA) is 50.8 Å². The summed E-state index contributed by atoms with van der Waals surface area (Å²) in [5.74, 6) is 2.22. The number of nitrogens with one attached hydrogen (secondary N) is 1. The third-order valence-electron chi connectivity index (χ3n) is 7.53. The molecule has 0 bridgehead atoms. The number of hydrogen-bond acceptors (Lipinski definition) is 4. The molecule has 1 saturated carbocycles. The number of piperidine rings is 2. The van der Waals surface area contributed by atoms with E-state index < -0.39 is 0 Å². The minimum absolute atomic E-state index is 0.115. The summed E-state index contributed by atoms with van der Waals surface area (Å²) in [5.41, 5.74) is 1.40. The van der Waals surface area contributed by atoms with Gasteiger partial charge in [0, 0.05) is 23.2 Å². The third-order valence-corrected chi connectivity index (χ3v) is 7.53. The maximum absolute atomic E-state index is 12.6. The first-order valence-corrected chi connectivity index (χ1v) is 12.8. The lowest BCUT2D eigenvalue weighted by Gasteiger charge is -2.44. The molecule has 0 spiro atoms. The van der Waals surface area contributed by atoms with E-state index in [0.717, 1.165) is 36.6 Å². The number of anilines is 1. The van der Waals surface area contributed by atoms with Crippen molar-refractivity contribution >= 4 is 11.6 Å². The monoisotopic (exact) mass is 448 g/mol. The van der Waals surface area contributed by atoms with Crippen LogP contribution in [0, 0.1) is 5.92 Å². The fraction of sp³-hybridized carbons (Fsp3) is 0.536. The molecule has 3 aliphatic rings. The van der Waals surface area contributed by atoms with Gasteiger partial charge in [0.2, 0.25) is 0 Å². The predicted octanol–water partition coefficient (Wildman–Crippen LogP) is 5.90. The minimum Gasteiger partial charge on any atom is -0.493 e. The Morgan fingerprint density at radius 1 is 0.818 bits per heavy atom. The van der Waals surface area contributed by atoms with Gasteiger partial charge in [0.1, 0.15) is 11.5 Å². The molecule has 5 nitrogen and oxygen atoms in total. The molecule has 1 aliphatic carbocycles. The van der Waals surface area contributed by atoms with E-state index in [1.165, 1.54) is 58.0 Å². The lowest BCUT2D eigenvalue weighted by molar-refractivity contribution is 0.0366. The van der Waals surface area contributed by atoms with Crippen LogP contribution in [-0.4, -0.2) is 42.6 Å². The molecular weight excluding hydrogens is 412 g/mol. The summed E-state index contributed by atoms with van der Waals surface area (Å²) in [6.45, 7) is 3.29. The summed E-state index contributed by atoms with van der Waals surface area (Å²) in [4.78, 5) is 15.3. The molecule has 0 unspecified atom stereocenters. The standard InChI is InChI=1S/C28H36N2O3/c31-28(21-10-14-26(15-11-21)33-25-7-1-2-8-25)29-23-12-16-24(17-13-23)32-20-22-6-5-19-30-18-4-3-9-27(22)30/h10-17,22,25,27H,1-9,18-20H2,(H,29,31)/t22-,27+/m0/s1. The van der Waals surface area contributed by atoms with Crippen molar-refractivity contribution in [3.8, 4) is 11.5 Å². The largest absolute Gasteiger partial charge is 0.493 e. The second-order valence-electron chi connectivity index (χ2n) is 9.84. The van der Waals surface area contributed by atoms with E-state index in [2.05, 4.69) is 10.2 Å². The van der Waals surface area contributed by atoms with Crippen LogP contribution in [0.5, 0.6) is 11.5 Å². The Morgan fingerprint density at radius 2 is 1.52 bits per heavy atom. The second kappa shape index (κ2) is 10.6. The van der Waals surface area contributed by atoms with Gasteiger partial charge in [-0.1, -0.05) is 6.42 Å². The van der Waals surface area contributed by atoms with Gasteiger partial charge in [0.05, 0.1) is 12.7 Å². The number of fused-ring (bicyclic) bond motifs is 1. The third kappa shape index (κ3) is 5.70. The van der Waals surface area contributed by atoms with Gasteiger partial charge in [-0.3, -0.25) is 9.69 Å². The summed E-state index contributed by atoms with van der Waals surface area (Å²) in [7, 11) is 0. The number of nitrogens with zero attached hydrogens (tertiary/aromatic N) is 1. The number of ether oxygens (including phenoxy) is 2. The van der Waals surface area contributed by atoms with Crippen LogP contribution in [0.25, 0.3) is 0 Å². The van der Waals surface area contributed by atoms with Crippen molar-refractivity contribution in [2.75, 3.05) is 25.0 Å². The highest BCUT2D eigenvalue weighted by Crippen LogP contribution is 2.31. The van der Waals surface area contributed by atoms with E-state index in [1.807, 2.05) is 48.5 Å². The van der Waals surface area contributed by atoms with Crippen LogP contribution in [0.3, 0.4) is 0 Å². The first-order chi connectivity index (χ1) is 16.2. The fourth-order valence-electron chi connectivity index (χ4n) is 5.70. The highest BCUT2D eigenvalue weighted by Gasteiger charge is 2.33. The molecule has 5 rings (SSSR count). The number of benzene rings is 2. The SMILES string of the molecule is O=C(Nc1ccc(OC[C@@H]2CCCN3CCCC[C@H]23)cc1)c1ccc(OC2CCCC2)cc1. The molecule has 2 aromatic carbocycles. The summed E-state index contributed by atoms with van der Waals surface area (Å²) in [6, 6.07) is 15.9. The van der Waals surface area contributed by atoms with Crippen LogP contribution >= 0.6 is 0 Å². The average Bonchev–Trinajstić information content (AvgIpc) is 3.37. The first-order valence-electron chi connectivity index (χ1n) is 12.8. The maximum Gasteiger partial charge on any atom is 0.255 e. The minimum atomic E-state index is -0.115. The molecule has 33 heavy (non-hydrogen) atoms. The fourth-order valence-corrected chi connectivity index (χ4v) is 5.70. The van der Waals surface area contributed by atoms with Crippen LogP contribution in [0.15, 0.2) is 48.5 Å². The Labute approximate surface area is 197 Å². The normalized spacial score (nSPS) is 23.6. The number of carbonyl (C=O) groups excluding carboxylic acids is 1. The Bertz CT molecular complexity index is 904. The smallest absolute Gasteiger partial charge is 0.255 e. The number of amides is 1. The van der Waals surface area contributed by atoms with Gasteiger partial charge >= 0.3 is 0 Å². The zero-order valence-corrected chi connectivity index (χ0v) is 19.5. The predicted molar refractivity (Wildman–Crippen MR) is 131 cm³/mol. The molecule has 176 valence electrons. The van der Waals surface area contributed by atoms with Gasteiger partial charge in [-0.05, 0) is 113 Å². The lowest BCUT2D eigenvalue weighted by atomic mass is 9.84. The van der Waals surface area contributed by atoms with Crippen molar-refractivity contribution in [1.82, 2.24) is 4.90 Å². The molecule has 1 N–H and O–H groups in total. The van der Waals surface area contributed by atoms with Crippen molar-refractivity contribution < 1.29 is 14.3 Å². The lowest BCUT2D eigenvalue weighted by Crippen LogP contribution is -2.49. The van der Waals surface area contributed by atoms with Crippen LogP contribution in [0.2, 0.25) is 0 Å². The van der Waals surface area contributed by atoms with E-state index in [-0.39, 0.29) is 5.91 Å². The van der Waals surface area contributed by atoms with Gasteiger partial charge < -0.3 is 14.8 Å². The first kappa shape index (κ1) is 22.3. The molecular formula is C28H36N2O3. The Morgan fingerprint density at radius 3 is 2.30 bits per heavy atom. The Balaban J connectivity index is 1.11. The van der Waals surface area contributed by atoms with E-state index in [0.29, 0.717) is 23.6 Å². The summed E-state index contributed by atoms with van der Waals surface area (Å²) >= 11 is 0. The molecule has 0 aromatic heterocycles. The van der Waals surface area contributed by atoms with Gasteiger partial charge in [0.25, 0.3) is 5.91 Å². The zero-order chi connectivity index (χ0) is 22.5. The van der Waals surface area contributed by atoms with E-state index in [9.17, 15) is 4.79 Å². The number of carbonyl (C=O) groups is 1. The van der Waals surface area contributed by atoms with Crippen LogP contribution < -0.4 is 14.8 Å². The highest BCUT2D eigenvalue weighted by atomic mass is 16.5. The van der Waals surface area contributed by atoms with E-state index >= 15 is 0 Å². The van der Waals surface area contributed by atoms with Crippen LogP contribution in [0.4, 0.5) is 5.69 Å². The quantitative estimate of drug-likeness (QED) is 0.573. The van der Waals surface area contributed by atoms with Gasteiger partial charge in [0.15, 0.2) is 0 Å². The summed E-state index contributed by atoms with van der Waals surface area (Å²) < 4.78 is 12.1. The molecule has 1 amide bonds. The van der Waals surface area contributed by atoms with Gasteiger partial charge in [-0.2, -0.15) is 0 Å². The molecule has 5 heteroatoms. The Kier molecular flexibility index (Phi) is 7.15. The van der Waals surface area contributed by atoms with Crippen molar-refractivity contribution in [2.45, 2.75) is 69.9 Å². The number of rotatable bonds is 7. The maximum atomic E-state index is 12.6. The zero-order valence-electron chi connectivity index (χ0n) is 19.5. The molecule has 0 radical (unpaired) electrons. The molecule has 2 aromatic rings. The van der Waals surface area contributed by atoms with Crippen molar-refractivity contribution in [1.29, 1.82) is 0 Å². The average molecular weight is 449 g/mol. The summed E-state index contributed by atoms with van der Waals surface area (Å²) in [6.07, 6.45) is 11.6. The van der Waals surface area contributed by atoms with Gasteiger partial charge in [-0.15, -0.1) is 0 Å². The van der Waals surface area contributed by atoms with E-state index in [4.69, 9.17) is 9.47 Å². The second-order valence-corrected chi connectivity index (χ2v) is 9.84. The summed E-state index contributed by atoms with van der Waals surface area (Å²) in [5, 5.41) is 2.98. The molecule has 2 atom stereocenters. The van der Waals surface area contributed by atoms with Crippen molar-refractivity contribution in [3.05, 3.63) is 54.1 Å². The molecule has 2 saturated heterocycles. The molecule has 3 fully saturated rings. The Hall–Kier alpha value is -2.53. The molecule has 2 heterocycles. The van der Waals surface area contributed by atoms with Gasteiger partial charge in [-0.25, -0.2) is 0 Å².